The van der Waals surface area contributed by atoms with Gasteiger partial charge in [-0.05, 0) is 68.5 Å². The van der Waals surface area contributed by atoms with Crippen molar-refractivity contribution < 1.29 is 28.1 Å². The Morgan fingerprint density at radius 2 is 1.79 bits per heavy atom. The van der Waals surface area contributed by atoms with Gasteiger partial charge in [0.15, 0.2) is 11.5 Å². The van der Waals surface area contributed by atoms with Gasteiger partial charge in [-0.25, -0.2) is 0 Å². The summed E-state index contributed by atoms with van der Waals surface area (Å²) in [5, 5.41) is 46.1. The average molecular weight is 667 g/mol. The van der Waals surface area contributed by atoms with E-state index in [1.807, 2.05) is 56.0 Å². The van der Waals surface area contributed by atoms with Crippen LogP contribution in [0.2, 0.25) is 0 Å². The maximum absolute atomic E-state index is 14.0. The van der Waals surface area contributed by atoms with Crippen molar-refractivity contribution in [1.82, 2.24) is 0 Å². The number of nitrogens with zero attached hydrogens (tertiary/aromatic N) is 4. The molecular formula is C36H41F3N4O3S. The average Bonchev–Trinajstić information content (AvgIpc) is 3.35. The first-order chi connectivity index (χ1) is 22.0. The molecule has 7 nitrogen and oxygen atoms in total. The summed E-state index contributed by atoms with van der Waals surface area (Å²) < 4.78 is 47.2. The molecule has 0 saturated heterocycles. The number of allylic oxidation sites excluding steroid dienone is 1. The number of halogens is 3. The molecule has 0 aliphatic carbocycles. The topological polar surface area (TPSA) is 124 Å². The minimum atomic E-state index is -4.93. The van der Waals surface area contributed by atoms with Gasteiger partial charge in [0.2, 0.25) is 0 Å². The molecule has 1 aromatic heterocycles. The first-order valence-corrected chi connectivity index (χ1v) is 15.6. The van der Waals surface area contributed by atoms with Crippen molar-refractivity contribution >= 4 is 29.2 Å². The van der Waals surface area contributed by atoms with Crippen LogP contribution in [0.5, 0.6) is 5.75 Å². The number of hydrogen-bond donors (Lipinski definition) is 2. The van der Waals surface area contributed by atoms with Gasteiger partial charge >= 0.3 is 6.18 Å². The molecule has 2 unspecified atom stereocenters. The lowest BCUT2D eigenvalue weighted by Crippen LogP contribution is -2.52. The van der Waals surface area contributed by atoms with Crippen LogP contribution in [-0.4, -0.2) is 48.3 Å². The summed E-state index contributed by atoms with van der Waals surface area (Å²) in [5.74, 6) is 0.693. The number of alkyl halides is 3. The Labute approximate surface area is 280 Å². The Bertz CT molecular complexity index is 1570. The molecule has 0 bridgehead atoms. The van der Waals surface area contributed by atoms with Crippen molar-refractivity contribution in [3.05, 3.63) is 68.9 Å². The van der Waals surface area contributed by atoms with Crippen LogP contribution >= 0.6 is 11.3 Å². The molecule has 1 aromatic carbocycles. The highest BCUT2D eigenvalue weighted by molar-refractivity contribution is 7.13. The van der Waals surface area contributed by atoms with Crippen molar-refractivity contribution in [2.45, 2.75) is 65.3 Å². The molecule has 47 heavy (non-hydrogen) atoms. The van der Waals surface area contributed by atoms with E-state index in [-0.39, 0.29) is 24.7 Å². The number of nitriles is 3. The van der Waals surface area contributed by atoms with E-state index in [0.29, 0.717) is 6.54 Å². The third-order valence-electron chi connectivity index (χ3n) is 7.24. The maximum atomic E-state index is 14.0. The first kappa shape index (κ1) is 40.5. The fraction of sp³-hybridized carbons (Fsp3) is 0.417. The summed E-state index contributed by atoms with van der Waals surface area (Å²) in [6, 6.07) is 12.3. The minimum absolute atomic E-state index is 0.0528. The zero-order chi connectivity index (χ0) is 35.9. The number of thiophene rings is 1. The summed E-state index contributed by atoms with van der Waals surface area (Å²) in [5.41, 5.74) is -0.856. The number of aromatic hydroxyl groups is 1. The number of phenols is 1. The van der Waals surface area contributed by atoms with E-state index in [0.717, 1.165) is 11.3 Å². The second kappa shape index (κ2) is 18.6. The van der Waals surface area contributed by atoms with Crippen molar-refractivity contribution in [2.75, 3.05) is 25.1 Å². The Kier molecular flexibility index (Phi) is 16.0. The zero-order valence-corrected chi connectivity index (χ0v) is 28.3. The third kappa shape index (κ3) is 11.1. The number of aryl methyl sites for hydroxylation is 2. The zero-order valence-electron chi connectivity index (χ0n) is 27.5. The number of aliphatic hydroxyl groups is 1. The molecule has 0 fully saturated rings. The van der Waals surface area contributed by atoms with Gasteiger partial charge in [-0.1, -0.05) is 39.3 Å². The Morgan fingerprint density at radius 1 is 1.15 bits per heavy atom. The Hall–Kier alpha value is -4.52. The van der Waals surface area contributed by atoms with Gasteiger partial charge in [0, 0.05) is 46.2 Å². The summed E-state index contributed by atoms with van der Waals surface area (Å²) in [7, 11) is 1.89. The summed E-state index contributed by atoms with van der Waals surface area (Å²) in [6.07, 6.45) is 3.54. The fourth-order valence-electron chi connectivity index (χ4n) is 4.28. The predicted octanol–water partition coefficient (Wildman–Crippen LogP) is 8.10. The number of phenolic OH excluding ortho intramolecular Hbond substituents is 1. The van der Waals surface area contributed by atoms with E-state index in [1.165, 1.54) is 40.5 Å². The molecule has 0 aliphatic heterocycles. The number of terminal acetylenes is 1. The van der Waals surface area contributed by atoms with Crippen molar-refractivity contribution in [2.24, 2.45) is 11.8 Å². The molecule has 2 N–H and O–H groups in total. The molecule has 0 amide bonds. The van der Waals surface area contributed by atoms with Gasteiger partial charge in [0.05, 0.1) is 30.4 Å². The normalized spacial score (nSPS) is 13.5. The molecule has 1 heterocycles. The lowest BCUT2D eigenvalue weighted by atomic mass is 9.87. The molecule has 2 aromatic rings. The van der Waals surface area contributed by atoms with Gasteiger partial charge in [0.1, 0.15) is 11.9 Å². The van der Waals surface area contributed by atoms with Gasteiger partial charge in [-0.3, -0.25) is 0 Å². The van der Waals surface area contributed by atoms with Crippen LogP contribution in [0.25, 0.3) is 12.2 Å². The Morgan fingerprint density at radius 3 is 2.21 bits per heavy atom. The number of aliphatic hydroxyl groups excluding tert-OH is 1. The molecule has 2 rings (SSSR count). The quantitative estimate of drug-likeness (QED) is 0.164. The van der Waals surface area contributed by atoms with Crippen LogP contribution in [0.15, 0.2) is 48.1 Å². The van der Waals surface area contributed by atoms with Crippen LogP contribution in [0.3, 0.4) is 0 Å². The summed E-state index contributed by atoms with van der Waals surface area (Å²) >= 11 is 1.75. The molecule has 0 spiro atoms. The van der Waals surface area contributed by atoms with Crippen LogP contribution in [-0.2, 0) is 4.74 Å². The van der Waals surface area contributed by atoms with E-state index in [2.05, 4.69) is 26.5 Å². The Balaban J connectivity index is 0.000000479. The van der Waals surface area contributed by atoms with Crippen LogP contribution in [0, 0.1) is 72.0 Å². The largest absolute Gasteiger partial charge is 0.507 e. The second-order valence-electron chi connectivity index (χ2n) is 11.1. The smallest absolute Gasteiger partial charge is 0.422 e. The van der Waals surface area contributed by atoms with E-state index < -0.39 is 41.4 Å². The molecule has 2 atom stereocenters. The van der Waals surface area contributed by atoms with Crippen molar-refractivity contribution in [3.63, 3.8) is 0 Å². The van der Waals surface area contributed by atoms with E-state index in [1.54, 1.807) is 23.5 Å². The van der Waals surface area contributed by atoms with E-state index >= 15 is 0 Å². The molecule has 11 heteroatoms. The van der Waals surface area contributed by atoms with Gasteiger partial charge in [-0.2, -0.15) is 29.0 Å². The van der Waals surface area contributed by atoms with Crippen molar-refractivity contribution in [3.8, 4) is 36.3 Å². The number of anilines is 1. The summed E-state index contributed by atoms with van der Waals surface area (Å²) in [4.78, 5) is 4.41. The monoisotopic (exact) mass is 666 g/mol. The number of ether oxygens (including phenoxy) is 1. The summed E-state index contributed by atoms with van der Waals surface area (Å²) in [6.45, 7) is 13.0. The highest BCUT2D eigenvalue weighted by Crippen LogP contribution is 2.44. The molecule has 250 valence electrons. The van der Waals surface area contributed by atoms with Crippen LogP contribution in [0.1, 0.15) is 54.5 Å². The third-order valence-corrected chi connectivity index (χ3v) is 8.36. The molecular weight excluding hydrogens is 625 g/mol. The molecule has 0 aliphatic rings. The SMILES string of the molecule is C#C/C(=C\CC(C)C)C(CC)(OC(C(=C)C#N)C(C#N)C#N)C(F)(F)F.Cc1cc(/C=C/c2ccc(N(C)CCO)cc2O)sc1C. The standard InChI is InChI=1S/C19H20F3N3O.C17H21NO2S/c1-6-16(9-8-13(3)4)18(7-2,19(20,21)22)26-17(14(5)10-23)15(11-24)12-25;1-12-10-16(21-13(12)2)7-5-14-4-6-15(11-17(14)20)18(3)8-9-19/h1,9,13,15,17H,5,7-8H2,2-4H3;4-7,10-11,19-20H,8-9H2,1-3H3/b16-9+;7-5+. The highest BCUT2D eigenvalue weighted by atomic mass is 32.1. The fourth-order valence-corrected chi connectivity index (χ4v) is 5.23. The minimum Gasteiger partial charge on any atom is -0.507 e. The number of hydrogen-bond acceptors (Lipinski definition) is 8. The molecule has 0 radical (unpaired) electrons. The maximum Gasteiger partial charge on any atom is 0.422 e. The number of rotatable bonds is 13. The predicted molar refractivity (Wildman–Crippen MR) is 181 cm³/mol. The lowest BCUT2D eigenvalue weighted by Gasteiger charge is -2.38. The number of benzene rings is 1. The van der Waals surface area contributed by atoms with Crippen LogP contribution < -0.4 is 4.90 Å². The molecule has 0 saturated carbocycles. The van der Waals surface area contributed by atoms with Crippen molar-refractivity contribution in [1.29, 1.82) is 15.8 Å². The van der Waals surface area contributed by atoms with Gasteiger partial charge < -0.3 is 19.8 Å². The second-order valence-corrected chi connectivity index (χ2v) is 12.4. The van der Waals surface area contributed by atoms with E-state index in [4.69, 9.17) is 32.1 Å². The van der Waals surface area contributed by atoms with Gasteiger partial charge in [-0.15, -0.1) is 17.8 Å². The van der Waals surface area contributed by atoms with Crippen LogP contribution in [0.4, 0.5) is 18.9 Å². The first-order valence-electron chi connectivity index (χ1n) is 14.8. The van der Waals surface area contributed by atoms with Gasteiger partial charge in [0.25, 0.3) is 0 Å². The van der Waals surface area contributed by atoms with E-state index in [9.17, 15) is 18.3 Å². The lowest BCUT2D eigenvalue weighted by molar-refractivity contribution is -0.272. The number of likely N-dealkylation sites (N-methyl/N-ethyl adjacent to an activating group) is 1. The highest BCUT2D eigenvalue weighted by Gasteiger charge is 2.59.